The Morgan fingerprint density at radius 1 is 1.00 bits per heavy atom. The lowest BCUT2D eigenvalue weighted by atomic mass is 9.97. The smallest absolute Gasteiger partial charge is 0.338 e. The molecule has 0 spiro atoms. The van der Waals surface area contributed by atoms with Gasteiger partial charge in [0.1, 0.15) is 6.04 Å². The molecule has 0 amide bonds. The van der Waals surface area contributed by atoms with Crippen molar-refractivity contribution in [1.29, 1.82) is 0 Å². The molecule has 3 atom stereocenters. The highest BCUT2D eigenvalue weighted by Gasteiger charge is 2.31. The van der Waals surface area contributed by atoms with Crippen LogP contribution in [-0.4, -0.2) is 42.4 Å². The average Bonchev–Trinajstić information content (AvgIpc) is 3.35. The molecule has 0 radical (unpaired) electrons. The molecule has 3 rings (SSSR count). The molecule has 1 aliphatic rings. The van der Waals surface area contributed by atoms with E-state index in [9.17, 15) is 19.2 Å². The van der Waals surface area contributed by atoms with Gasteiger partial charge < -0.3 is 14.8 Å². The van der Waals surface area contributed by atoms with Crippen LogP contribution in [0.25, 0.3) is 0 Å². The number of Topliss-reactive ketones (excluding diaryl/α,β-unsaturated/α-hetero) is 1. The van der Waals surface area contributed by atoms with E-state index in [1.807, 2.05) is 30.3 Å². The summed E-state index contributed by atoms with van der Waals surface area (Å²) in [6.45, 7) is 2.23. The van der Waals surface area contributed by atoms with Crippen molar-refractivity contribution >= 4 is 23.7 Å². The quantitative estimate of drug-likeness (QED) is 0.476. The molecule has 0 aromatic heterocycles. The second kappa shape index (κ2) is 11.3. The number of nitrogens with one attached hydrogen (secondary N) is 1. The van der Waals surface area contributed by atoms with Gasteiger partial charge in [-0.1, -0.05) is 55.5 Å². The molecular weight excluding hydrogens is 410 g/mol. The zero-order valence-electron chi connectivity index (χ0n) is 18.0. The Morgan fingerprint density at radius 2 is 1.66 bits per heavy atom. The van der Waals surface area contributed by atoms with Crippen molar-refractivity contribution in [3.8, 4) is 0 Å². The van der Waals surface area contributed by atoms with Crippen molar-refractivity contribution in [3.05, 3.63) is 71.8 Å². The Balaban J connectivity index is 1.64. The third kappa shape index (κ3) is 6.59. The van der Waals surface area contributed by atoms with Crippen LogP contribution in [0.4, 0.5) is 0 Å². The molecule has 2 aromatic rings. The van der Waals surface area contributed by atoms with Crippen LogP contribution >= 0.6 is 0 Å². The van der Waals surface area contributed by atoms with E-state index >= 15 is 0 Å². The fourth-order valence-corrected chi connectivity index (χ4v) is 3.49. The van der Waals surface area contributed by atoms with Gasteiger partial charge in [-0.05, 0) is 37.1 Å². The molecular formula is C25H27NO6. The van der Waals surface area contributed by atoms with Gasteiger partial charge in [-0.3, -0.25) is 9.59 Å². The highest BCUT2D eigenvalue weighted by Crippen LogP contribution is 2.16. The number of ketones is 1. The number of esters is 3. The number of carbonyl (C=O) groups excluding carboxylic acids is 4. The van der Waals surface area contributed by atoms with Crippen molar-refractivity contribution in [2.45, 2.75) is 44.8 Å². The number of carbonyl (C=O) groups is 4. The topological polar surface area (TPSA) is 98.8 Å². The lowest BCUT2D eigenvalue weighted by Gasteiger charge is -2.19. The highest BCUT2D eigenvalue weighted by molar-refractivity contribution is 5.95. The molecule has 32 heavy (non-hydrogen) atoms. The first-order chi connectivity index (χ1) is 15.4. The minimum absolute atomic E-state index is 0.185. The van der Waals surface area contributed by atoms with Crippen LogP contribution in [0.1, 0.15) is 42.1 Å². The van der Waals surface area contributed by atoms with Gasteiger partial charge in [0.2, 0.25) is 0 Å². The van der Waals surface area contributed by atoms with Crippen LogP contribution in [-0.2, 0) is 30.3 Å². The largest absolute Gasteiger partial charge is 0.450 e. The van der Waals surface area contributed by atoms with E-state index in [1.54, 1.807) is 30.3 Å². The summed E-state index contributed by atoms with van der Waals surface area (Å²) >= 11 is 0. The number of ether oxygens (including phenoxy) is 2. The zero-order chi connectivity index (χ0) is 22.9. The van der Waals surface area contributed by atoms with Crippen LogP contribution in [0.2, 0.25) is 0 Å². The Labute approximate surface area is 187 Å². The van der Waals surface area contributed by atoms with Crippen LogP contribution < -0.4 is 5.32 Å². The van der Waals surface area contributed by atoms with E-state index in [2.05, 4.69) is 5.32 Å². The first-order valence-corrected chi connectivity index (χ1v) is 10.8. The first kappa shape index (κ1) is 23.3. The van der Waals surface area contributed by atoms with Crippen molar-refractivity contribution in [1.82, 2.24) is 5.32 Å². The van der Waals surface area contributed by atoms with Crippen molar-refractivity contribution < 1.29 is 28.7 Å². The normalized spacial score (nSPS) is 17.2. The molecule has 1 heterocycles. The molecule has 0 unspecified atom stereocenters. The van der Waals surface area contributed by atoms with Crippen molar-refractivity contribution in [2.75, 3.05) is 6.54 Å². The van der Waals surface area contributed by atoms with E-state index in [-0.39, 0.29) is 12.8 Å². The fraction of sp³-hybridized carbons (Fsp3) is 0.360. The van der Waals surface area contributed by atoms with E-state index in [1.165, 1.54) is 6.92 Å². The zero-order valence-corrected chi connectivity index (χ0v) is 18.0. The summed E-state index contributed by atoms with van der Waals surface area (Å²) in [4.78, 5) is 49.9. The summed E-state index contributed by atoms with van der Waals surface area (Å²) in [6, 6.07) is 17.1. The maximum absolute atomic E-state index is 13.0. The molecule has 168 valence electrons. The number of rotatable bonds is 9. The maximum Gasteiger partial charge on any atom is 0.338 e. The summed E-state index contributed by atoms with van der Waals surface area (Å²) in [7, 11) is 0. The van der Waals surface area contributed by atoms with E-state index in [0.29, 0.717) is 18.5 Å². The fourth-order valence-electron chi connectivity index (χ4n) is 3.49. The summed E-state index contributed by atoms with van der Waals surface area (Å²) in [5.74, 6) is -3.25. The van der Waals surface area contributed by atoms with Crippen LogP contribution in [0.3, 0.4) is 0 Å². The first-order valence-electron chi connectivity index (χ1n) is 10.8. The molecule has 1 N–H and O–H groups in total. The highest BCUT2D eigenvalue weighted by atomic mass is 16.6. The van der Waals surface area contributed by atoms with Crippen LogP contribution in [0.5, 0.6) is 0 Å². The molecule has 1 fully saturated rings. The molecule has 2 aromatic carbocycles. The predicted octanol–water partition coefficient (Wildman–Crippen LogP) is 2.87. The standard InChI is InChI=1S/C25H27NO6/c1-17(23(28)32-25(30)20-13-8-14-26-20)15-21(27)22(16-18-9-4-2-5-10-18)31-24(29)19-11-6-3-7-12-19/h2-7,9-12,17,20,22,26H,8,13-16H2,1H3/t17-,20+,22+/m1/s1. The summed E-state index contributed by atoms with van der Waals surface area (Å²) in [5.41, 5.74) is 1.16. The molecule has 0 aliphatic carbocycles. The monoisotopic (exact) mass is 437 g/mol. The predicted molar refractivity (Wildman–Crippen MR) is 117 cm³/mol. The average molecular weight is 437 g/mol. The Bertz CT molecular complexity index is 937. The van der Waals surface area contributed by atoms with Crippen LogP contribution in [0.15, 0.2) is 60.7 Å². The van der Waals surface area contributed by atoms with Crippen molar-refractivity contribution in [2.24, 2.45) is 5.92 Å². The summed E-state index contributed by atoms with van der Waals surface area (Å²) in [5, 5.41) is 2.97. The van der Waals surface area contributed by atoms with Gasteiger partial charge in [0, 0.05) is 12.8 Å². The Hall–Kier alpha value is -3.32. The maximum atomic E-state index is 13.0. The lowest BCUT2D eigenvalue weighted by molar-refractivity contribution is -0.164. The molecule has 1 aliphatic heterocycles. The minimum atomic E-state index is -1.06. The van der Waals surface area contributed by atoms with E-state index in [0.717, 1.165) is 12.0 Å². The second-order valence-corrected chi connectivity index (χ2v) is 7.91. The summed E-state index contributed by atoms with van der Waals surface area (Å²) < 4.78 is 10.5. The van der Waals surface area contributed by atoms with Gasteiger partial charge in [0.15, 0.2) is 11.9 Å². The van der Waals surface area contributed by atoms with Gasteiger partial charge in [0.05, 0.1) is 11.5 Å². The number of benzene rings is 2. The van der Waals surface area contributed by atoms with Gasteiger partial charge >= 0.3 is 17.9 Å². The molecule has 1 saturated heterocycles. The van der Waals surface area contributed by atoms with E-state index < -0.39 is 41.8 Å². The third-order valence-corrected chi connectivity index (χ3v) is 5.34. The van der Waals surface area contributed by atoms with Gasteiger partial charge in [-0.15, -0.1) is 0 Å². The van der Waals surface area contributed by atoms with Gasteiger partial charge in [0.25, 0.3) is 0 Å². The lowest BCUT2D eigenvalue weighted by Crippen LogP contribution is -2.36. The summed E-state index contributed by atoms with van der Waals surface area (Å²) in [6.07, 6.45) is 0.381. The molecule has 7 heteroatoms. The van der Waals surface area contributed by atoms with E-state index in [4.69, 9.17) is 9.47 Å². The minimum Gasteiger partial charge on any atom is -0.450 e. The number of hydrogen-bond acceptors (Lipinski definition) is 7. The number of hydrogen-bond donors (Lipinski definition) is 1. The SMILES string of the molecule is C[C@H](CC(=O)[C@H](Cc1ccccc1)OC(=O)c1ccccc1)C(=O)OC(=O)[C@@H]1CCCN1. The van der Waals surface area contributed by atoms with Gasteiger partial charge in [-0.25, -0.2) is 9.59 Å². The molecule has 7 nitrogen and oxygen atoms in total. The molecule has 0 saturated carbocycles. The molecule has 0 bridgehead atoms. The van der Waals surface area contributed by atoms with Gasteiger partial charge in [-0.2, -0.15) is 0 Å². The Morgan fingerprint density at radius 3 is 2.28 bits per heavy atom. The van der Waals surface area contributed by atoms with Crippen LogP contribution in [0, 0.1) is 5.92 Å². The van der Waals surface area contributed by atoms with Crippen molar-refractivity contribution in [3.63, 3.8) is 0 Å². The second-order valence-electron chi connectivity index (χ2n) is 7.91. The Kier molecular flexibility index (Phi) is 8.27. The third-order valence-electron chi connectivity index (χ3n) is 5.34.